The van der Waals surface area contributed by atoms with Crippen molar-refractivity contribution in [1.82, 2.24) is 20.4 Å². The maximum absolute atomic E-state index is 5.26. The second-order valence-electron chi connectivity index (χ2n) is 3.52. The maximum atomic E-state index is 5.26. The summed E-state index contributed by atoms with van der Waals surface area (Å²) in [5.41, 5.74) is 0. The van der Waals surface area contributed by atoms with Gasteiger partial charge in [-0.05, 0) is 7.05 Å². The van der Waals surface area contributed by atoms with E-state index in [0.29, 0.717) is 18.3 Å². The summed E-state index contributed by atoms with van der Waals surface area (Å²) in [5, 5.41) is 6.85. The lowest BCUT2D eigenvalue weighted by Gasteiger charge is -2.24. The summed E-state index contributed by atoms with van der Waals surface area (Å²) in [5.74, 6) is 1.39. The Morgan fingerprint density at radius 3 is 2.93 bits per heavy atom. The van der Waals surface area contributed by atoms with Crippen molar-refractivity contribution in [2.45, 2.75) is 13.1 Å². The molecule has 1 aromatic rings. The first-order valence-electron chi connectivity index (χ1n) is 5.14. The van der Waals surface area contributed by atoms with E-state index < -0.39 is 0 Å². The largest absolute Gasteiger partial charge is 0.379 e. The summed E-state index contributed by atoms with van der Waals surface area (Å²) in [4.78, 5) is 6.52. The van der Waals surface area contributed by atoms with E-state index >= 15 is 0 Å². The Bertz CT molecular complexity index is 296. The van der Waals surface area contributed by atoms with Crippen LogP contribution in [0.15, 0.2) is 4.52 Å². The number of nitrogens with one attached hydrogen (secondary N) is 1. The van der Waals surface area contributed by atoms with Gasteiger partial charge < -0.3 is 14.6 Å². The molecule has 1 saturated heterocycles. The number of aromatic nitrogens is 2. The third-order valence-corrected chi connectivity index (χ3v) is 2.31. The van der Waals surface area contributed by atoms with Gasteiger partial charge in [-0.25, -0.2) is 0 Å². The molecule has 2 heterocycles. The minimum absolute atomic E-state index is 0.645. The van der Waals surface area contributed by atoms with Crippen molar-refractivity contribution in [2.24, 2.45) is 0 Å². The standard InChI is InChI=1S/C9H16N4O2/c1-10-6-8-11-9(15-12-8)7-13-2-4-14-5-3-13/h10H,2-7H2,1H3. The minimum atomic E-state index is 0.645. The number of hydrogen-bond donors (Lipinski definition) is 1. The topological polar surface area (TPSA) is 63.4 Å². The first-order valence-corrected chi connectivity index (χ1v) is 5.14. The van der Waals surface area contributed by atoms with Crippen molar-refractivity contribution >= 4 is 0 Å². The Labute approximate surface area is 88.6 Å². The summed E-state index contributed by atoms with van der Waals surface area (Å²) < 4.78 is 10.4. The van der Waals surface area contributed by atoms with Gasteiger partial charge >= 0.3 is 0 Å². The Morgan fingerprint density at radius 1 is 1.40 bits per heavy atom. The van der Waals surface area contributed by atoms with E-state index in [0.717, 1.165) is 32.8 Å². The molecule has 0 aliphatic carbocycles. The number of nitrogens with zero attached hydrogens (tertiary/aromatic N) is 3. The second-order valence-corrected chi connectivity index (χ2v) is 3.52. The molecule has 0 spiro atoms. The highest BCUT2D eigenvalue weighted by atomic mass is 16.5. The second kappa shape index (κ2) is 5.20. The molecule has 0 amide bonds. The van der Waals surface area contributed by atoms with E-state index in [-0.39, 0.29) is 0 Å². The Kier molecular flexibility index (Phi) is 3.65. The lowest BCUT2D eigenvalue weighted by atomic mass is 10.4. The summed E-state index contributed by atoms with van der Waals surface area (Å²) in [6.45, 7) is 4.81. The normalized spacial score (nSPS) is 18.2. The molecule has 1 N–H and O–H groups in total. The molecule has 84 valence electrons. The maximum Gasteiger partial charge on any atom is 0.240 e. The molecule has 0 radical (unpaired) electrons. The zero-order valence-corrected chi connectivity index (χ0v) is 8.90. The highest BCUT2D eigenvalue weighted by Gasteiger charge is 2.14. The van der Waals surface area contributed by atoms with Gasteiger partial charge in [0.2, 0.25) is 5.89 Å². The van der Waals surface area contributed by atoms with Gasteiger partial charge in [0.25, 0.3) is 0 Å². The fourth-order valence-electron chi connectivity index (χ4n) is 1.53. The highest BCUT2D eigenvalue weighted by molar-refractivity contribution is 4.86. The summed E-state index contributed by atoms with van der Waals surface area (Å²) in [6, 6.07) is 0. The fourth-order valence-corrected chi connectivity index (χ4v) is 1.53. The summed E-state index contributed by atoms with van der Waals surface area (Å²) in [6.07, 6.45) is 0. The van der Waals surface area contributed by atoms with Gasteiger partial charge in [0.1, 0.15) is 0 Å². The van der Waals surface area contributed by atoms with Crippen LogP contribution in [0.2, 0.25) is 0 Å². The van der Waals surface area contributed by atoms with Crippen molar-refractivity contribution in [2.75, 3.05) is 33.4 Å². The molecule has 15 heavy (non-hydrogen) atoms. The highest BCUT2D eigenvalue weighted by Crippen LogP contribution is 2.04. The average molecular weight is 212 g/mol. The first-order chi connectivity index (χ1) is 7.38. The predicted octanol–water partition coefficient (Wildman–Crippen LogP) is -0.379. The molecule has 1 fully saturated rings. The van der Waals surface area contributed by atoms with Gasteiger partial charge in [-0.15, -0.1) is 0 Å². The van der Waals surface area contributed by atoms with Crippen LogP contribution in [0.25, 0.3) is 0 Å². The van der Waals surface area contributed by atoms with Crippen LogP contribution in [0.3, 0.4) is 0 Å². The predicted molar refractivity (Wildman–Crippen MR) is 53.2 cm³/mol. The minimum Gasteiger partial charge on any atom is -0.379 e. The first kappa shape index (κ1) is 10.5. The van der Waals surface area contributed by atoms with Crippen molar-refractivity contribution in [1.29, 1.82) is 0 Å². The van der Waals surface area contributed by atoms with Crippen LogP contribution < -0.4 is 5.32 Å². The van der Waals surface area contributed by atoms with Crippen LogP contribution in [-0.4, -0.2) is 48.4 Å². The molecule has 0 unspecified atom stereocenters. The van der Waals surface area contributed by atoms with Gasteiger partial charge in [-0.3, -0.25) is 4.90 Å². The SMILES string of the molecule is CNCc1noc(CN2CCOCC2)n1. The lowest BCUT2D eigenvalue weighted by molar-refractivity contribution is 0.0297. The molecule has 0 atom stereocenters. The number of rotatable bonds is 4. The quantitative estimate of drug-likeness (QED) is 0.734. The summed E-state index contributed by atoms with van der Waals surface area (Å²) in [7, 11) is 1.86. The molecular formula is C9H16N4O2. The molecule has 2 rings (SSSR count). The van der Waals surface area contributed by atoms with E-state index in [2.05, 4.69) is 20.4 Å². The average Bonchev–Trinajstić information content (AvgIpc) is 2.68. The van der Waals surface area contributed by atoms with Gasteiger partial charge in [0.05, 0.1) is 26.3 Å². The number of ether oxygens (including phenoxy) is 1. The molecule has 0 saturated carbocycles. The zero-order chi connectivity index (χ0) is 10.5. The van der Waals surface area contributed by atoms with E-state index in [1.54, 1.807) is 0 Å². The van der Waals surface area contributed by atoms with Gasteiger partial charge in [0.15, 0.2) is 5.82 Å². The molecule has 0 aromatic carbocycles. The summed E-state index contributed by atoms with van der Waals surface area (Å²) >= 11 is 0. The van der Waals surface area contributed by atoms with Crippen LogP contribution in [0.1, 0.15) is 11.7 Å². The Hall–Kier alpha value is -0.980. The van der Waals surface area contributed by atoms with E-state index in [4.69, 9.17) is 9.26 Å². The Balaban J connectivity index is 1.86. The fraction of sp³-hybridized carbons (Fsp3) is 0.778. The van der Waals surface area contributed by atoms with Crippen molar-refractivity contribution in [3.8, 4) is 0 Å². The third-order valence-electron chi connectivity index (χ3n) is 2.31. The van der Waals surface area contributed by atoms with E-state index in [9.17, 15) is 0 Å². The van der Waals surface area contributed by atoms with Crippen LogP contribution in [0, 0.1) is 0 Å². The Morgan fingerprint density at radius 2 is 2.20 bits per heavy atom. The smallest absolute Gasteiger partial charge is 0.240 e. The third kappa shape index (κ3) is 2.98. The van der Waals surface area contributed by atoms with Crippen LogP contribution in [-0.2, 0) is 17.8 Å². The molecule has 1 aliphatic rings. The van der Waals surface area contributed by atoms with Crippen molar-refractivity contribution in [3.05, 3.63) is 11.7 Å². The lowest BCUT2D eigenvalue weighted by Crippen LogP contribution is -2.35. The zero-order valence-electron chi connectivity index (χ0n) is 8.90. The molecular weight excluding hydrogens is 196 g/mol. The van der Waals surface area contributed by atoms with Gasteiger partial charge in [0, 0.05) is 13.1 Å². The molecule has 6 nitrogen and oxygen atoms in total. The number of hydrogen-bond acceptors (Lipinski definition) is 6. The van der Waals surface area contributed by atoms with Gasteiger partial charge in [-0.2, -0.15) is 4.98 Å². The molecule has 6 heteroatoms. The van der Waals surface area contributed by atoms with Crippen molar-refractivity contribution in [3.63, 3.8) is 0 Å². The van der Waals surface area contributed by atoms with Crippen LogP contribution in [0.5, 0.6) is 0 Å². The van der Waals surface area contributed by atoms with Crippen LogP contribution >= 0.6 is 0 Å². The molecule has 0 bridgehead atoms. The van der Waals surface area contributed by atoms with E-state index in [1.807, 2.05) is 7.05 Å². The molecule has 1 aliphatic heterocycles. The molecule has 1 aromatic heterocycles. The van der Waals surface area contributed by atoms with Crippen LogP contribution in [0.4, 0.5) is 0 Å². The van der Waals surface area contributed by atoms with Crippen molar-refractivity contribution < 1.29 is 9.26 Å². The van der Waals surface area contributed by atoms with Gasteiger partial charge in [-0.1, -0.05) is 5.16 Å². The number of morpholine rings is 1. The van der Waals surface area contributed by atoms with E-state index in [1.165, 1.54) is 0 Å². The monoisotopic (exact) mass is 212 g/mol.